The summed E-state index contributed by atoms with van der Waals surface area (Å²) >= 11 is 0. The Morgan fingerprint density at radius 1 is 0.528 bits per heavy atom. The Morgan fingerprint density at radius 2 is 0.943 bits per heavy atom. The molecule has 0 aromatic heterocycles. The van der Waals surface area contributed by atoms with E-state index in [1.54, 1.807) is 0 Å². The Kier molecular flexibility index (Phi) is 25.3. The average molecular weight is 742 g/mol. The predicted molar refractivity (Wildman–Crippen MR) is 231 cm³/mol. The van der Waals surface area contributed by atoms with Gasteiger partial charge in [0, 0.05) is 30.8 Å². The maximum Gasteiger partial charge on any atom is 0.136 e. The van der Waals surface area contributed by atoms with E-state index in [4.69, 9.17) is 9.47 Å². The molecule has 2 aromatic carbocycles. The molecule has 0 heterocycles. The highest BCUT2D eigenvalue weighted by Gasteiger charge is 2.13. The third kappa shape index (κ3) is 22.6. The topological polar surface area (TPSA) is 46.4 Å². The van der Waals surface area contributed by atoms with Crippen LogP contribution in [0, 0.1) is 23.3 Å². The number of hydrogen-bond donors (Lipinski definition) is 0. The third-order valence-corrected chi connectivity index (χ3v) is 10.3. The van der Waals surface area contributed by atoms with Crippen LogP contribution in [0.1, 0.15) is 173 Å². The van der Waals surface area contributed by atoms with E-state index in [0.717, 1.165) is 59.8 Å². The molecule has 0 unspecified atom stereocenters. The summed E-state index contributed by atoms with van der Waals surface area (Å²) < 4.78 is 13.0. The minimum Gasteiger partial charge on any atom is -0.492 e. The highest BCUT2D eigenvalue weighted by molar-refractivity contribution is 6.83. The second-order valence-corrected chi connectivity index (χ2v) is 20.3. The van der Waals surface area contributed by atoms with Crippen molar-refractivity contribution in [1.29, 1.82) is 0 Å². The number of rotatable bonds is 28. The first-order valence-corrected chi connectivity index (χ1v) is 25.0. The van der Waals surface area contributed by atoms with Crippen molar-refractivity contribution >= 4 is 13.8 Å². The zero-order valence-corrected chi connectivity index (χ0v) is 36.1. The molecule has 0 bridgehead atoms. The van der Waals surface area contributed by atoms with Gasteiger partial charge < -0.3 is 9.47 Å². The molecule has 6 heteroatoms. The maximum atomic E-state index is 6.48. The highest BCUT2D eigenvalue weighted by atomic mass is 28.3. The van der Waals surface area contributed by atoms with Crippen LogP contribution >= 0.6 is 0 Å². The Labute approximate surface area is 327 Å². The van der Waals surface area contributed by atoms with Crippen LogP contribution in [0.15, 0.2) is 46.7 Å². The quantitative estimate of drug-likeness (QED) is 0.0287. The van der Waals surface area contributed by atoms with Gasteiger partial charge in [-0.25, -0.2) is 0 Å². The molecule has 0 aliphatic rings. The second-order valence-electron chi connectivity index (χ2n) is 15.5. The van der Waals surface area contributed by atoms with Gasteiger partial charge in [0.2, 0.25) is 0 Å². The fourth-order valence-corrected chi connectivity index (χ4v) is 6.52. The van der Waals surface area contributed by atoms with E-state index >= 15 is 0 Å². The standard InChI is InChI=1S/C47H75N3O2Si/c1-8-12-14-16-18-20-22-24-26-28-37-51-46-41-44(36-39-53(5,6)7)47(52-38-29-27-25-23-21-19-17-15-13-9-2)40-43(46)33-30-42-31-34-45(35-32-42)48-49-50(10-3)11-4/h31-32,34-35,40-41H,8-29,37-38H2,1-7H3. The summed E-state index contributed by atoms with van der Waals surface area (Å²) in [6.45, 7) is 18.6. The van der Waals surface area contributed by atoms with Crippen molar-refractivity contribution < 1.29 is 9.47 Å². The van der Waals surface area contributed by atoms with Gasteiger partial charge in [-0.05, 0) is 51.0 Å². The molecule has 0 fully saturated rings. The summed E-state index contributed by atoms with van der Waals surface area (Å²) in [5.74, 6) is 11.9. The Balaban J connectivity index is 2.17. The molecule has 2 aromatic rings. The lowest BCUT2D eigenvalue weighted by atomic mass is 10.1. The van der Waals surface area contributed by atoms with Gasteiger partial charge in [-0.3, -0.25) is 5.01 Å². The second kappa shape index (κ2) is 29.2. The van der Waals surface area contributed by atoms with E-state index in [1.807, 2.05) is 29.3 Å². The first-order valence-electron chi connectivity index (χ1n) is 21.5. The van der Waals surface area contributed by atoms with Gasteiger partial charge in [0.15, 0.2) is 0 Å². The van der Waals surface area contributed by atoms with Crippen molar-refractivity contribution in [2.24, 2.45) is 10.3 Å². The normalized spacial score (nSPS) is 11.2. The van der Waals surface area contributed by atoms with Gasteiger partial charge in [0.1, 0.15) is 19.6 Å². The van der Waals surface area contributed by atoms with Gasteiger partial charge in [-0.1, -0.05) is 172 Å². The Morgan fingerprint density at radius 3 is 1.36 bits per heavy atom. The molecule has 0 aliphatic carbocycles. The molecule has 53 heavy (non-hydrogen) atoms. The third-order valence-electron chi connectivity index (χ3n) is 9.39. The van der Waals surface area contributed by atoms with Crippen LogP contribution in [0.2, 0.25) is 19.6 Å². The number of unbranched alkanes of at least 4 members (excludes halogenated alkanes) is 18. The SMILES string of the molecule is CCCCCCCCCCCCOc1cc(C#C[Si](C)(C)C)c(OCCCCCCCCCCCC)cc1C#Cc1ccc(N=NN(CC)CC)cc1. The van der Waals surface area contributed by atoms with Crippen LogP contribution in [-0.2, 0) is 0 Å². The van der Waals surface area contributed by atoms with Crippen molar-refractivity contribution in [2.45, 2.75) is 176 Å². The molecule has 0 radical (unpaired) electrons. The lowest BCUT2D eigenvalue weighted by Gasteiger charge is -2.14. The van der Waals surface area contributed by atoms with Crippen LogP contribution in [-0.4, -0.2) is 39.4 Å². The Hall–Kier alpha value is -3.22. The monoisotopic (exact) mass is 742 g/mol. The van der Waals surface area contributed by atoms with Crippen LogP contribution in [0.3, 0.4) is 0 Å². The molecule has 0 amide bonds. The molecule has 0 saturated heterocycles. The lowest BCUT2D eigenvalue weighted by Crippen LogP contribution is -2.16. The summed E-state index contributed by atoms with van der Waals surface area (Å²) in [6.07, 6.45) is 26.0. The summed E-state index contributed by atoms with van der Waals surface area (Å²) in [4.78, 5) is 0. The minimum absolute atomic E-state index is 0.678. The largest absolute Gasteiger partial charge is 0.492 e. The van der Waals surface area contributed by atoms with Crippen molar-refractivity contribution in [2.75, 3.05) is 26.3 Å². The van der Waals surface area contributed by atoms with Crippen molar-refractivity contribution in [3.8, 4) is 34.8 Å². The first kappa shape index (κ1) is 45.9. The molecule has 0 spiro atoms. The number of hydrogen-bond acceptors (Lipinski definition) is 4. The van der Waals surface area contributed by atoms with Crippen molar-refractivity contribution in [3.63, 3.8) is 0 Å². The smallest absolute Gasteiger partial charge is 0.136 e. The van der Waals surface area contributed by atoms with E-state index in [1.165, 1.54) is 116 Å². The van der Waals surface area contributed by atoms with Crippen LogP contribution < -0.4 is 9.47 Å². The van der Waals surface area contributed by atoms with E-state index < -0.39 is 8.07 Å². The summed E-state index contributed by atoms with van der Waals surface area (Å²) in [5, 5.41) is 10.6. The molecule has 5 nitrogen and oxygen atoms in total. The predicted octanol–water partition coefficient (Wildman–Crippen LogP) is 14.3. The van der Waals surface area contributed by atoms with Crippen LogP contribution in [0.25, 0.3) is 0 Å². The average Bonchev–Trinajstić information content (AvgIpc) is 3.15. The van der Waals surface area contributed by atoms with Crippen molar-refractivity contribution in [3.05, 3.63) is 53.1 Å². The number of nitrogens with zero attached hydrogens (tertiary/aromatic N) is 3. The van der Waals surface area contributed by atoms with E-state index in [0.29, 0.717) is 13.2 Å². The molecule has 0 aliphatic heterocycles. The van der Waals surface area contributed by atoms with Crippen LogP contribution in [0.5, 0.6) is 11.5 Å². The Bertz CT molecular complexity index is 1390. The van der Waals surface area contributed by atoms with Crippen LogP contribution in [0.4, 0.5) is 5.69 Å². The molecular weight excluding hydrogens is 667 g/mol. The molecular formula is C47H75N3O2Si. The van der Waals surface area contributed by atoms with E-state index in [9.17, 15) is 0 Å². The molecule has 0 saturated carbocycles. The number of benzene rings is 2. The fourth-order valence-electron chi connectivity index (χ4n) is 6.01. The highest BCUT2D eigenvalue weighted by Crippen LogP contribution is 2.30. The minimum atomic E-state index is -1.60. The van der Waals surface area contributed by atoms with Gasteiger partial charge in [0.25, 0.3) is 0 Å². The van der Waals surface area contributed by atoms with E-state index in [-0.39, 0.29) is 0 Å². The van der Waals surface area contributed by atoms with Crippen molar-refractivity contribution in [1.82, 2.24) is 5.01 Å². The molecule has 0 N–H and O–H groups in total. The molecule has 294 valence electrons. The van der Waals surface area contributed by atoms with Gasteiger partial charge in [-0.2, -0.15) is 0 Å². The first-order chi connectivity index (χ1) is 25.8. The zero-order valence-electron chi connectivity index (χ0n) is 35.1. The van der Waals surface area contributed by atoms with Gasteiger partial charge in [-0.15, -0.1) is 10.7 Å². The van der Waals surface area contributed by atoms with Gasteiger partial charge >= 0.3 is 0 Å². The van der Waals surface area contributed by atoms with E-state index in [2.05, 4.69) is 93.1 Å². The lowest BCUT2D eigenvalue weighted by molar-refractivity contribution is 0.295. The maximum absolute atomic E-state index is 6.48. The summed E-state index contributed by atoms with van der Waals surface area (Å²) in [6, 6.07) is 12.1. The molecule has 0 atom stereocenters. The number of ether oxygens (including phenoxy) is 2. The summed E-state index contributed by atoms with van der Waals surface area (Å²) in [5.41, 5.74) is 7.06. The van der Waals surface area contributed by atoms with Gasteiger partial charge in [0.05, 0.1) is 30.0 Å². The zero-order chi connectivity index (χ0) is 38.4. The summed E-state index contributed by atoms with van der Waals surface area (Å²) in [7, 11) is -1.60. The fraction of sp³-hybridized carbons (Fsp3) is 0.660. The molecule has 2 rings (SSSR count).